The first kappa shape index (κ1) is 7.52. The maximum atomic E-state index is 8.60. The van der Waals surface area contributed by atoms with Gasteiger partial charge in [-0.25, -0.2) is 0 Å². The molecular formula is C4H4BIO2S. The number of thiophene rings is 1. The molecule has 5 heteroatoms. The van der Waals surface area contributed by atoms with Gasteiger partial charge in [0, 0.05) is 4.78 Å². The van der Waals surface area contributed by atoms with E-state index in [0.717, 1.165) is 2.88 Å². The van der Waals surface area contributed by atoms with Crippen molar-refractivity contribution in [1.29, 1.82) is 0 Å². The molecule has 0 spiro atoms. The summed E-state index contributed by atoms with van der Waals surface area (Å²) in [6, 6.07) is 3.55. The summed E-state index contributed by atoms with van der Waals surface area (Å²) in [5, 5.41) is 17.2. The molecule has 0 saturated carbocycles. The zero-order chi connectivity index (χ0) is 6.85. The molecule has 0 atom stereocenters. The molecule has 0 radical (unpaired) electrons. The second-order valence-corrected chi connectivity index (χ2v) is 4.53. The van der Waals surface area contributed by atoms with E-state index in [9.17, 15) is 0 Å². The van der Waals surface area contributed by atoms with E-state index in [1.165, 1.54) is 11.3 Å². The van der Waals surface area contributed by atoms with Crippen LogP contribution in [0.4, 0.5) is 0 Å². The van der Waals surface area contributed by atoms with Crippen LogP contribution in [0.1, 0.15) is 0 Å². The Kier molecular flexibility index (Phi) is 2.51. The SMILES string of the molecule is OB(O)c1ccc(I)s1. The van der Waals surface area contributed by atoms with E-state index >= 15 is 0 Å². The Morgan fingerprint density at radius 1 is 1.44 bits per heavy atom. The van der Waals surface area contributed by atoms with E-state index in [2.05, 4.69) is 22.6 Å². The smallest absolute Gasteiger partial charge is 0.423 e. The van der Waals surface area contributed by atoms with Crippen molar-refractivity contribution in [3.63, 3.8) is 0 Å². The van der Waals surface area contributed by atoms with Crippen LogP contribution in [0.3, 0.4) is 0 Å². The monoisotopic (exact) mass is 254 g/mol. The number of rotatable bonds is 1. The summed E-state index contributed by atoms with van der Waals surface area (Å²) in [6.07, 6.45) is 0. The van der Waals surface area contributed by atoms with Crippen LogP contribution in [0.2, 0.25) is 0 Å². The van der Waals surface area contributed by atoms with Gasteiger partial charge in [-0.3, -0.25) is 0 Å². The fraction of sp³-hybridized carbons (Fsp3) is 0. The van der Waals surface area contributed by atoms with Crippen LogP contribution in [-0.4, -0.2) is 17.2 Å². The van der Waals surface area contributed by atoms with Crippen molar-refractivity contribution in [3.05, 3.63) is 15.0 Å². The summed E-state index contributed by atoms with van der Waals surface area (Å²) in [7, 11) is -1.31. The first-order chi connectivity index (χ1) is 4.20. The molecule has 1 rings (SSSR count). The molecular weight excluding hydrogens is 250 g/mol. The van der Waals surface area contributed by atoms with E-state index < -0.39 is 7.12 Å². The largest absolute Gasteiger partial charge is 0.499 e. The van der Waals surface area contributed by atoms with Gasteiger partial charge in [0.25, 0.3) is 0 Å². The quantitative estimate of drug-likeness (QED) is 0.548. The number of hydrogen-bond acceptors (Lipinski definition) is 3. The molecule has 1 aromatic heterocycles. The van der Waals surface area contributed by atoms with Crippen LogP contribution in [0.15, 0.2) is 12.1 Å². The highest BCUT2D eigenvalue weighted by atomic mass is 127. The summed E-state index contributed by atoms with van der Waals surface area (Å²) in [4.78, 5) is 0. The van der Waals surface area contributed by atoms with Crippen molar-refractivity contribution >= 4 is 45.8 Å². The van der Waals surface area contributed by atoms with Crippen LogP contribution in [0.25, 0.3) is 0 Å². The summed E-state index contributed by atoms with van der Waals surface area (Å²) in [6.45, 7) is 0. The van der Waals surface area contributed by atoms with Gasteiger partial charge in [0.05, 0.1) is 2.88 Å². The second kappa shape index (κ2) is 3.00. The summed E-state index contributed by atoms with van der Waals surface area (Å²) >= 11 is 3.51. The molecule has 1 aromatic rings. The van der Waals surface area contributed by atoms with Crippen LogP contribution in [0.5, 0.6) is 0 Å². The third-order valence-corrected chi connectivity index (χ3v) is 2.78. The Bertz CT molecular complexity index is 200. The van der Waals surface area contributed by atoms with Crippen LogP contribution < -0.4 is 4.78 Å². The lowest BCUT2D eigenvalue weighted by Crippen LogP contribution is -2.26. The standard InChI is InChI=1S/C4H4BIO2S/c6-4-2-1-3(9-4)5(7)8/h1-2,7-8H. The average molecular weight is 254 g/mol. The molecule has 0 aliphatic heterocycles. The van der Waals surface area contributed by atoms with E-state index in [1.807, 2.05) is 6.07 Å². The predicted molar refractivity (Wildman–Crippen MR) is 46.9 cm³/mol. The summed E-state index contributed by atoms with van der Waals surface area (Å²) < 4.78 is 1.66. The highest BCUT2D eigenvalue weighted by molar-refractivity contribution is 14.1. The van der Waals surface area contributed by atoms with E-state index in [4.69, 9.17) is 10.0 Å². The highest BCUT2D eigenvalue weighted by Crippen LogP contribution is 2.08. The third kappa shape index (κ3) is 1.92. The predicted octanol–water partition coefficient (Wildman–Crippen LogP) is 0.0325. The Labute approximate surface area is 70.8 Å². The van der Waals surface area contributed by atoms with Crippen molar-refractivity contribution < 1.29 is 10.0 Å². The minimum Gasteiger partial charge on any atom is -0.423 e. The minimum atomic E-state index is -1.31. The lowest BCUT2D eigenvalue weighted by molar-refractivity contribution is 0.427. The fourth-order valence-electron chi connectivity index (χ4n) is 0.467. The molecule has 2 N–H and O–H groups in total. The van der Waals surface area contributed by atoms with Crippen molar-refractivity contribution in [2.24, 2.45) is 0 Å². The van der Waals surface area contributed by atoms with Crippen LogP contribution in [0, 0.1) is 2.88 Å². The van der Waals surface area contributed by atoms with Crippen LogP contribution >= 0.6 is 33.9 Å². The minimum absolute atomic E-state index is 0.597. The van der Waals surface area contributed by atoms with Gasteiger partial charge in [-0.2, -0.15) is 0 Å². The molecule has 1 heterocycles. The van der Waals surface area contributed by atoms with Crippen molar-refractivity contribution in [1.82, 2.24) is 0 Å². The van der Waals surface area contributed by atoms with E-state index in [0.29, 0.717) is 4.78 Å². The van der Waals surface area contributed by atoms with Gasteiger partial charge >= 0.3 is 7.12 Å². The van der Waals surface area contributed by atoms with Crippen molar-refractivity contribution in [2.45, 2.75) is 0 Å². The summed E-state index contributed by atoms with van der Waals surface area (Å²) in [5.74, 6) is 0. The van der Waals surface area contributed by atoms with Gasteiger partial charge in [-0.1, -0.05) is 6.07 Å². The first-order valence-electron chi connectivity index (χ1n) is 2.31. The average Bonchev–Trinajstić information content (AvgIpc) is 2.14. The molecule has 0 saturated heterocycles. The molecule has 0 aliphatic carbocycles. The Morgan fingerprint density at radius 3 is 2.33 bits per heavy atom. The molecule has 0 bridgehead atoms. The summed E-state index contributed by atoms with van der Waals surface area (Å²) in [5.41, 5.74) is 0. The van der Waals surface area contributed by atoms with Gasteiger partial charge in [-0.05, 0) is 28.7 Å². The Hall–Kier alpha value is 0.415. The molecule has 48 valence electrons. The fourth-order valence-corrected chi connectivity index (χ4v) is 2.01. The van der Waals surface area contributed by atoms with Gasteiger partial charge in [0.2, 0.25) is 0 Å². The lowest BCUT2D eigenvalue weighted by atomic mass is 9.90. The van der Waals surface area contributed by atoms with Crippen molar-refractivity contribution in [2.75, 3.05) is 0 Å². The molecule has 9 heavy (non-hydrogen) atoms. The van der Waals surface area contributed by atoms with Crippen LogP contribution in [-0.2, 0) is 0 Å². The number of halogens is 1. The topological polar surface area (TPSA) is 40.5 Å². The van der Waals surface area contributed by atoms with E-state index in [1.54, 1.807) is 6.07 Å². The third-order valence-electron chi connectivity index (χ3n) is 0.848. The molecule has 2 nitrogen and oxygen atoms in total. The number of hydrogen-bond donors (Lipinski definition) is 2. The first-order valence-corrected chi connectivity index (χ1v) is 4.21. The van der Waals surface area contributed by atoms with Gasteiger partial charge in [-0.15, -0.1) is 11.3 Å². The molecule has 0 amide bonds. The molecule has 0 unspecified atom stereocenters. The lowest BCUT2D eigenvalue weighted by Gasteiger charge is -1.87. The molecule has 0 fully saturated rings. The van der Waals surface area contributed by atoms with Gasteiger partial charge < -0.3 is 10.0 Å². The van der Waals surface area contributed by atoms with Gasteiger partial charge in [0.15, 0.2) is 0 Å². The van der Waals surface area contributed by atoms with E-state index in [-0.39, 0.29) is 0 Å². The Balaban J connectivity index is 2.85. The maximum Gasteiger partial charge on any atom is 0.499 e. The molecule has 0 aromatic carbocycles. The Morgan fingerprint density at radius 2 is 2.11 bits per heavy atom. The second-order valence-electron chi connectivity index (χ2n) is 1.52. The zero-order valence-corrected chi connectivity index (χ0v) is 7.39. The van der Waals surface area contributed by atoms with Crippen molar-refractivity contribution in [3.8, 4) is 0 Å². The normalized spacial score (nSPS) is 9.67. The molecule has 0 aliphatic rings. The highest BCUT2D eigenvalue weighted by Gasteiger charge is 2.12. The zero-order valence-electron chi connectivity index (χ0n) is 4.41. The maximum absolute atomic E-state index is 8.60. The van der Waals surface area contributed by atoms with Gasteiger partial charge in [0.1, 0.15) is 0 Å².